The summed E-state index contributed by atoms with van der Waals surface area (Å²) in [5.74, 6) is -0.0845. The van der Waals surface area contributed by atoms with E-state index in [4.69, 9.17) is 4.74 Å². The fraction of sp³-hybridized carbons (Fsp3) is 0.552. The number of carbonyl (C=O) groups excluding carboxylic acids is 1. The normalized spacial score (nSPS) is 13.1. The van der Waals surface area contributed by atoms with Gasteiger partial charge in [0.05, 0.1) is 13.0 Å². The minimum Gasteiger partial charge on any atom is -0.466 e. The third kappa shape index (κ3) is 9.56. The van der Waals surface area contributed by atoms with Crippen LogP contribution in [0.2, 0.25) is 0 Å². The van der Waals surface area contributed by atoms with E-state index in [1.807, 2.05) is 6.92 Å². The van der Waals surface area contributed by atoms with Gasteiger partial charge in [-0.1, -0.05) is 113 Å². The summed E-state index contributed by atoms with van der Waals surface area (Å²) in [6.07, 6.45) is 10.4. The molecule has 0 spiro atoms. The lowest BCUT2D eigenvalue weighted by Gasteiger charge is -2.37. The number of ether oxygens (including phenoxy) is 1. The van der Waals surface area contributed by atoms with Gasteiger partial charge in [0.25, 0.3) is 0 Å². The molecular weight excluding hydrogens is 394 g/mol. The van der Waals surface area contributed by atoms with Crippen LogP contribution in [-0.4, -0.2) is 23.5 Å². The Hall–Kier alpha value is -2.13. The molecule has 0 amide bonds. The summed E-state index contributed by atoms with van der Waals surface area (Å²) in [5, 5.41) is 0. The van der Waals surface area contributed by atoms with Crippen molar-refractivity contribution >= 4 is 5.97 Å². The van der Waals surface area contributed by atoms with Crippen molar-refractivity contribution in [3.8, 4) is 0 Å². The zero-order chi connectivity index (χ0) is 23.0. The minimum absolute atomic E-state index is 0.0845. The van der Waals surface area contributed by atoms with Gasteiger partial charge in [0.2, 0.25) is 0 Å². The summed E-state index contributed by atoms with van der Waals surface area (Å²) in [6, 6.07) is 21.6. The molecule has 0 aliphatic rings. The molecule has 0 saturated heterocycles. The van der Waals surface area contributed by atoms with Gasteiger partial charge in [0.15, 0.2) is 0 Å². The number of benzene rings is 2. The van der Waals surface area contributed by atoms with Gasteiger partial charge in [-0.25, -0.2) is 0 Å². The molecule has 0 fully saturated rings. The van der Waals surface area contributed by atoms with Crippen molar-refractivity contribution < 1.29 is 9.53 Å². The van der Waals surface area contributed by atoms with E-state index in [0.717, 1.165) is 19.4 Å². The molecule has 0 radical (unpaired) electrons. The molecule has 32 heavy (non-hydrogen) atoms. The van der Waals surface area contributed by atoms with Crippen LogP contribution in [0.3, 0.4) is 0 Å². The van der Waals surface area contributed by atoms with Crippen LogP contribution in [0.25, 0.3) is 0 Å². The molecule has 0 aromatic heterocycles. The topological polar surface area (TPSA) is 29.5 Å². The standard InChI is InChI=1S/C29H43NO2/c1-4-6-7-8-9-10-17-22-28(23-29(31)32-5-2)30(24-26-18-13-11-14-19-26)25(3)27-20-15-12-16-21-27/h11-16,18-21,25,28H,4-10,17,22-24H2,1-3H3/t25-,28-/m0/s1. The summed E-state index contributed by atoms with van der Waals surface area (Å²) >= 11 is 0. The Morgan fingerprint density at radius 3 is 2.06 bits per heavy atom. The van der Waals surface area contributed by atoms with Crippen LogP contribution in [0.15, 0.2) is 60.7 Å². The van der Waals surface area contributed by atoms with E-state index in [9.17, 15) is 4.79 Å². The number of unbranched alkanes of at least 4 members (excludes halogenated alkanes) is 6. The summed E-state index contributed by atoms with van der Waals surface area (Å²) in [5.41, 5.74) is 2.57. The minimum atomic E-state index is -0.0845. The van der Waals surface area contributed by atoms with E-state index in [-0.39, 0.29) is 18.1 Å². The average Bonchev–Trinajstić information content (AvgIpc) is 2.82. The van der Waals surface area contributed by atoms with Crippen molar-refractivity contribution in [1.82, 2.24) is 4.90 Å². The Morgan fingerprint density at radius 2 is 1.44 bits per heavy atom. The molecule has 0 saturated carbocycles. The Kier molecular flexibility index (Phi) is 12.8. The maximum atomic E-state index is 12.5. The number of carbonyl (C=O) groups is 1. The molecular formula is C29H43NO2. The lowest BCUT2D eigenvalue weighted by molar-refractivity contribution is -0.145. The largest absolute Gasteiger partial charge is 0.466 e. The quantitative estimate of drug-likeness (QED) is 0.199. The van der Waals surface area contributed by atoms with Crippen molar-refractivity contribution in [2.24, 2.45) is 0 Å². The van der Waals surface area contributed by atoms with Gasteiger partial charge in [0.1, 0.15) is 0 Å². The predicted octanol–water partition coefficient (Wildman–Crippen LogP) is 7.71. The Labute approximate surface area is 196 Å². The van der Waals surface area contributed by atoms with E-state index in [1.165, 1.54) is 49.7 Å². The van der Waals surface area contributed by atoms with Crippen LogP contribution in [0, 0.1) is 0 Å². The molecule has 2 atom stereocenters. The maximum absolute atomic E-state index is 12.5. The number of nitrogens with zero attached hydrogens (tertiary/aromatic N) is 1. The first-order valence-corrected chi connectivity index (χ1v) is 12.7. The highest BCUT2D eigenvalue weighted by molar-refractivity contribution is 5.70. The van der Waals surface area contributed by atoms with E-state index in [2.05, 4.69) is 79.4 Å². The highest BCUT2D eigenvalue weighted by Crippen LogP contribution is 2.29. The fourth-order valence-corrected chi connectivity index (χ4v) is 4.43. The Balaban J connectivity index is 2.14. The summed E-state index contributed by atoms with van der Waals surface area (Å²) in [4.78, 5) is 15.0. The van der Waals surface area contributed by atoms with Crippen LogP contribution in [-0.2, 0) is 16.1 Å². The molecule has 0 unspecified atom stereocenters. The number of esters is 1. The van der Waals surface area contributed by atoms with Gasteiger partial charge in [0, 0.05) is 18.6 Å². The first-order chi connectivity index (χ1) is 15.7. The van der Waals surface area contributed by atoms with Gasteiger partial charge in [-0.05, 0) is 31.4 Å². The van der Waals surface area contributed by atoms with Gasteiger partial charge in [-0.15, -0.1) is 0 Å². The second kappa shape index (κ2) is 15.6. The summed E-state index contributed by atoms with van der Waals surface area (Å²) < 4.78 is 5.36. The van der Waals surface area contributed by atoms with E-state index in [0.29, 0.717) is 13.0 Å². The third-order valence-electron chi connectivity index (χ3n) is 6.30. The molecule has 0 N–H and O–H groups in total. The molecule has 2 aromatic carbocycles. The van der Waals surface area contributed by atoms with Gasteiger partial charge in [-0.2, -0.15) is 0 Å². The second-order valence-electron chi connectivity index (χ2n) is 8.82. The first kappa shape index (κ1) is 26.1. The predicted molar refractivity (Wildman–Crippen MR) is 134 cm³/mol. The maximum Gasteiger partial charge on any atom is 0.307 e. The smallest absolute Gasteiger partial charge is 0.307 e. The second-order valence-corrected chi connectivity index (χ2v) is 8.82. The van der Waals surface area contributed by atoms with E-state index < -0.39 is 0 Å². The monoisotopic (exact) mass is 437 g/mol. The van der Waals surface area contributed by atoms with Crippen LogP contribution < -0.4 is 0 Å². The molecule has 3 nitrogen and oxygen atoms in total. The van der Waals surface area contributed by atoms with Crippen LogP contribution in [0.1, 0.15) is 95.7 Å². The van der Waals surface area contributed by atoms with Crippen LogP contribution >= 0.6 is 0 Å². The zero-order valence-corrected chi connectivity index (χ0v) is 20.5. The van der Waals surface area contributed by atoms with Gasteiger partial charge in [-0.3, -0.25) is 9.69 Å². The first-order valence-electron chi connectivity index (χ1n) is 12.7. The van der Waals surface area contributed by atoms with Gasteiger partial charge >= 0.3 is 5.97 Å². The van der Waals surface area contributed by atoms with Crippen LogP contribution in [0.4, 0.5) is 0 Å². The fourth-order valence-electron chi connectivity index (χ4n) is 4.43. The van der Waals surface area contributed by atoms with Crippen molar-refractivity contribution in [2.45, 2.75) is 97.2 Å². The van der Waals surface area contributed by atoms with Crippen molar-refractivity contribution in [1.29, 1.82) is 0 Å². The third-order valence-corrected chi connectivity index (χ3v) is 6.30. The highest BCUT2D eigenvalue weighted by Gasteiger charge is 2.27. The molecule has 176 valence electrons. The number of hydrogen-bond donors (Lipinski definition) is 0. The molecule has 2 rings (SSSR count). The van der Waals surface area contributed by atoms with E-state index in [1.54, 1.807) is 0 Å². The summed E-state index contributed by atoms with van der Waals surface area (Å²) in [7, 11) is 0. The molecule has 0 heterocycles. The number of rotatable bonds is 16. The van der Waals surface area contributed by atoms with E-state index >= 15 is 0 Å². The molecule has 0 aliphatic heterocycles. The van der Waals surface area contributed by atoms with Crippen molar-refractivity contribution in [3.63, 3.8) is 0 Å². The SMILES string of the molecule is CCCCCCCCC[C@@H](CC(=O)OCC)N(Cc1ccccc1)[C@@H](C)c1ccccc1. The molecule has 3 heteroatoms. The summed E-state index contributed by atoms with van der Waals surface area (Å²) in [6.45, 7) is 7.68. The lowest BCUT2D eigenvalue weighted by atomic mass is 9.97. The lowest BCUT2D eigenvalue weighted by Crippen LogP contribution is -2.39. The highest BCUT2D eigenvalue weighted by atomic mass is 16.5. The van der Waals surface area contributed by atoms with Crippen LogP contribution in [0.5, 0.6) is 0 Å². The Bertz CT molecular complexity index is 731. The van der Waals surface area contributed by atoms with Crippen molar-refractivity contribution in [2.75, 3.05) is 6.61 Å². The number of hydrogen-bond acceptors (Lipinski definition) is 3. The van der Waals surface area contributed by atoms with Gasteiger partial charge < -0.3 is 4.74 Å². The molecule has 2 aromatic rings. The van der Waals surface area contributed by atoms with Crippen molar-refractivity contribution in [3.05, 3.63) is 71.8 Å². The zero-order valence-electron chi connectivity index (χ0n) is 20.5. The Morgan fingerprint density at radius 1 is 0.844 bits per heavy atom. The molecule has 0 bridgehead atoms. The molecule has 0 aliphatic carbocycles. The average molecular weight is 438 g/mol.